The number of nitrogens with zero attached hydrogens (tertiary/aromatic N) is 3. The number of piperidine rings is 1. The first-order valence-electron chi connectivity index (χ1n) is 11.2. The number of aryl methyl sites for hydroxylation is 1. The fourth-order valence-electron chi connectivity index (χ4n) is 4.68. The fraction of sp³-hybridized carbons (Fsp3) is 0.500. The van der Waals surface area contributed by atoms with E-state index in [2.05, 4.69) is 34.5 Å². The Morgan fingerprint density at radius 1 is 1.19 bits per heavy atom. The van der Waals surface area contributed by atoms with E-state index < -0.39 is 6.10 Å². The lowest BCUT2D eigenvalue weighted by Gasteiger charge is -2.34. The minimum absolute atomic E-state index is 0.0275. The minimum Gasteiger partial charge on any atom is -0.390 e. The summed E-state index contributed by atoms with van der Waals surface area (Å²) in [7, 11) is 1.75. The van der Waals surface area contributed by atoms with Crippen molar-refractivity contribution < 1.29 is 9.90 Å². The summed E-state index contributed by atoms with van der Waals surface area (Å²) in [5.74, 6) is 0.227. The molecule has 1 aromatic carbocycles. The van der Waals surface area contributed by atoms with Crippen molar-refractivity contribution in [2.24, 2.45) is 7.05 Å². The summed E-state index contributed by atoms with van der Waals surface area (Å²) in [5, 5.41) is 13.4. The van der Waals surface area contributed by atoms with Crippen LogP contribution < -0.4 is 10.9 Å². The summed E-state index contributed by atoms with van der Waals surface area (Å²) in [6.45, 7) is 3.91. The van der Waals surface area contributed by atoms with Gasteiger partial charge in [0.25, 0.3) is 0 Å². The van der Waals surface area contributed by atoms with Crippen LogP contribution >= 0.6 is 0 Å². The highest BCUT2D eigenvalue weighted by molar-refractivity contribution is 5.74. The zero-order chi connectivity index (χ0) is 21.8. The molecule has 4 rings (SSSR count). The molecular weight excluding hydrogens is 392 g/mol. The summed E-state index contributed by atoms with van der Waals surface area (Å²) in [6, 6.07) is 11.8. The van der Waals surface area contributed by atoms with Crippen molar-refractivity contribution in [3.8, 4) is 0 Å². The second kappa shape index (κ2) is 9.66. The number of carbonyl (C=O) groups is 1. The van der Waals surface area contributed by atoms with Gasteiger partial charge in [-0.2, -0.15) is 0 Å². The maximum Gasteiger partial charge on any atom is 0.317 e. The highest BCUT2D eigenvalue weighted by Gasteiger charge is 2.26. The Hall–Kier alpha value is -2.64. The second-order valence-corrected chi connectivity index (χ2v) is 8.79. The summed E-state index contributed by atoms with van der Waals surface area (Å²) >= 11 is 0. The number of carbonyl (C=O) groups excluding carboxylic acids is 1. The molecule has 1 unspecified atom stereocenters. The van der Waals surface area contributed by atoms with Crippen molar-refractivity contribution in [2.75, 3.05) is 32.7 Å². The molecule has 7 nitrogen and oxygen atoms in total. The standard InChI is InChI=1S/C24H32N4O3/c1-26-14-21(8-9-23(26)30)20-7-4-11-28(16-20)24(31)25-13-22(29)17-27-12-10-18-5-2-3-6-19(18)15-27/h2-3,5-6,8-9,14,20,22,29H,4,7,10-13,15-17H2,1H3,(H,25,31)/t20?,22-/m0/s1. The second-order valence-electron chi connectivity index (χ2n) is 8.79. The number of hydrogen-bond acceptors (Lipinski definition) is 4. The average molecular weight is 425 g/mol. The molecule has 0 bridgehead atoms. The van der Waals surface area contributed by atoms with E-state index in [4.69, 9.17) is 0 Å². The largest absolute Gasteiger partial charge is 0.390 e. The molecule has 2 aromatic rings. The number of benzene rings is 1. The van der Waals surface area contributed by atoms with Crippen LogP contribution in [0.4, 0.5) is 4.79 Å². The zero-order valence-corrected chi connectivity index (χ0v) is 18.2. The van der Waals surface area contributed by atoms with Gasteiger partial charge in [-0.1, -0.05) is 30.3 Å². The SMILES string of the molecule is Cn1cc(C2CCCN(C(=O)NC[C@H](O)CN3CCc4ccccc4C3)C2)ccc1=O. The number of nitrogens with one attached hydrogen (secondary N) is 1. The Labute approximate surface area is 183 Å². The third kappa shape index (κ3) is 5.35. The summed E-state index contributed by atoms with van der Waals surface area (Å²) < 4.78 is 1.59. The maximum atomic E-state index is 12.7. The maximum absolute atomic E-state index is 12.7. The number of hydrogen-bond donors (Lipinski definition) is 2. The van der Waals surface area contributed by atoms with Crippen LogP contribution in [0.25, 0.3) is 0 Å². The topological polar surface area (TPSA) is 77.8 Å². The average Bonchev–Trinajstić information content (AvgIpc) is 2.79. The Bertz CT molecular complexity index is 973. The first kappa shape index (κ1) is 21.6. The van der Waals surface area contributed by atoms with Gasteiger partial charge >= 0.3 is 6.03 Å². The number of fused-ring (bicyclic) bond motifs is 1. The number of likely N-dealkylation sites (tertiary alicyclic amines) is 1. The molecule has 3 heterocycles. The highest BCUT2D eigenvalue weighted by Crippen LogP contribution is 2.26. The van der Waals surface area contributed by atoms with Crippen LogP contribution in [0.3, 0.4) is 0 Å². The predicted molar refractivity (Wildman–Crippen MR) is 120 cm³/mol. The molecule has 2 N–H and O–H groups in total. The molecule has 1 saturated heterocycles. The Balaban J connectivity index is 1.25. The van der Waals surface area contributed by atoms with Gasteiger partial charge in [-0.15, -0.1) is 0 Å². The van der Waals surface area contributed by atoms with Crippen LogP contribution in [-0.2, 0) is 20.0 Å². The first-order valence-corrected chi connectivity index (χ1v) is 11.2. The van der Waals surface area contributed by atoms with Gasteiger partial charge in [-0.05, 0) is 36.0 Å². The molecule has 166 valence electrons. The van der Waals surface area contributed by atoms with Crippen LogP contribution in [0.15, 0.2) is 47.4 Å². The molecule has 1 aromatic heterocycles. The number of urea groups is 1. The quantitative estimate of drug-likeness (QED) is 0.766. The van der Waals surface area contributed by atoms with E-state index in [0.29, 0.717) is 19.6 Å². The van der Waals surface area contributed by atoms with Crippen LogP contribution in [-0.4, -0.2) is 64.3 Å². The Morgan fingerprint density at radius 3 is 2.81 bits per heavy atom. The lowest BCUT2D eigenvalue weighted by atomic mass is 9.92. The first-order chi connectivity index (χ1) is 15.0. The molecule has 2 atom stereocenters. The molecule has 2 aliphatic rings. The van der Waals surface area contributed by atoms with Gasteiger partial charge in [0.15, 0.2) is 0 Å². The van der Waals surface area contributed by atoms with E-state index in [1.165, 1.54) is 11.1 Å². The third-order valence-corrected chi connectivity index (χ3v) is 6.46. The summed E-state index contributed by atoms with van der Waals surface area (Å²) in [6.07, 6.45) is 4.20. The molecule has 7 heteroatoms. The van der Waals surface area contributed by atoms with Crippen molar-refractivity contribution in [2.45, 2.75) is 37.8 Å². The van der Waals surface area contributed by atoms with Crippen LogP contribution in [0.1, 0.15) is 35.4 Å². The molecule has 0 saturated carbocycles. The fourth-order valence-corrected chi connectivity index (χ4v) is 4.68. The minimum atomic E-state index is -0.599. The number of amides is 2. The lowest BCUT2D eigenvalue weighted by Crippen LogP contribution is -2.48. The Morgan fingerprint density at radius 2 is 2.00 bits per heavy atom. The van der Waals surface area contributed by atoms with Gasteiger partial charge < -0.3 is 19.9 Å². The van der Waals surface area contributed by atoms with E-state index >= 15 is 0 Å². The smallest absolute Gasteiger partial charge is 0.317 e. The van der Waals surface area contributed by atoms with E-state index in [0.717, 1.165) is 37.9 Å². The number of pyridine rings is 1. The van der Waals surface area contributed by atoms with Gasteiger partial charge in [0, 0.05) is 64.5 Å². The molecule has 31 heavy (non-hydrogen) atoms. The molecule has 0 spiro atoms. The van der Waals surface area contributed by atoms with Crippen molar-refractivity contribution in [3.63, 3.8) is 0 Å². The Kier molecular flexibility index (Phi) is 6.73. The molecule has 2 aliphatic heterocycles. The van der Waals surface area contributed by atoms with E-state index in [-0.39, 0.29) is 24.1 Å². The molecule has 0 aliphatic carbocycles. The normalized spacial score (nSPS) is 20.2. The lowest BCUT2D eigenvalue weighted by molar-refractivity contribution is 0.102. The summed E-state index contributed by atoms with van der Waals surface area (Å²) in [4.78, 5) is 28.4. The molecule has 2 amide bonds. The number of β-amino-alcohol motifs (C(OH)–C–C–N with tert-alkyl or cyclic N) is 1. The van der Waals surface area contributed by atoms with Crippen molar-refractivity contribution in [3.05, 3.63) is 69.6 Å². The van der Waals surface area contributed by atoms with Gasteiger partial charge in [-0.3, -0.25) is 9.69 Å². The van der Waals surface area contributed by atoms with Crippen LogP contribution in [0, 0.1) is 0 Å². The third-order valence-electron chi connectivity index (χ3n) is 6.46. The summed E-state index contributed by atoms with van der Waals surface area (Å²) in [5.41, 5.74) is 3.77. The van der Waals surface area contributed by atoms with Crippen LogP contribution in [0.5, 0.6) is 0 Å². The monoisotopic (exact) mass is 424 g/mol. The van der Waals surface area contributed by atoms with E-state index in [1.54, 1.807) is 17.7 Å². The van der Waals surface area contributed by atoms with E-state index in [9.17, 15) is 14.7 Å². The number of aliphatic hydroxyl groups is 1. The highest BCUT2D eigenvalue weighted by atomic mass is 16.3. The van der Waals surface area contributed by atoms with Crippen molar-refractivity contribution >= 4 is 6.03 Å². The van der Waals surface area contributed by atoms with Gasteiger partial charge in [0.1, 0.15) is 0 Å². The molecular formula is C24H32N4O3. The molecule has 0 radical (unpaired) electrons. The van der Waals surface area contributed by atoms with Crippen LogP contribution in [0.2, 0.25) is 0 Å². The van der Waals surface area contributed by atoms with Gasteiger partial charge in [0.05, 0.1) is 6.10 Å². The van der Waals surface area contributed by atoms with Gasteiger partial charge in [0.2, 0.25) is 5.56 Å². The predicted octanol–water partition coefficient (Wildman–Crippen LogP) is 1.69. The number of aliphatic hydroxyl groups excluding tert-OH is 1. The number of rotatable bonds is 5. The van der Waals surface area contributed by atoms with Gasteiger partial charge in [-0.25, -0.2) is 4.79 Å². The van der Waals surface area contributed by atoms with Crippen molar-refractivity contribution in [1.29, 1.82) is 0 Å². The van der Waals surface area contributed by atoms with E-state index in [1.807, 2.05) is 17.2 Å². The zero-order valence-electron chi connectivity index (χ0n) is 18.2. The number of aromatic nitrogens is 1. The van der Waals surface area contributed by atoms with Crippen molar-refractivity contribution in [1.82, 2.24) is 19.7 Å². The molecule has 1 fully saturated rings.